The summed E-state index contributed by atoms with van der Waals surface area (Å²) in [4.78, 5) is 26.9. The molecule has 0 radical (unpaired) electrons. The molecule has 164 valence electrons. The first-order valence-corrected chi connectivity index (χ1v) is 9.35. The molecule has 1 aromatic carbocycles. The van der Waals surface area contributed by atoms with Crippen LogP contribution in [-0.4, -0.2) is 41.2 Å². The molecule has 3 rings (SSSR count). The summed E-state index contributed by atoms with van der Waals surface area (Å²) in [5.41, 5.74) is -2.22. The molecule has 2 heterocycles. The molecule has 0 aliphatic rings. The number of nitrogens with zero attached hydrogens (tertiary/aromatic N) is 3. The Morgan fingerprint density at radius 1 is 1.23 bits per heavy atom. The Morgan fingerprint density at radius 3 is 2.55 bits per heavy atom. The molecular formula is C21H21F3N4O3. The van der Waals surface area contributed by atoms with E-state index in [4.69, 9.17) is 4.42 Å². The average molecular weight is 434 g/mol. The maximum Gasteiger partial charge on any atom is 0.418 e. The summed E-state index contributed by atoms with van der Waals surface area (Å²) in [5, 5.41) is 6.57. The average Bonchev–Trinajstić information content (AvgIpc) is 3.21. The highest BCUT2D eigenvalue weighted by molar-refractivity contribution is 5.92. The minimum Gasteiger partial charge on any atom is -0.468 e. The van der Waals surface area contributed by atoms with Crippen LogP contribution in [0.3, 0.4) is 0 Å². The molecule has 0 saturated heterocycles. The van der Waals surface area contributed by atoms with Gasteiger partial charge in [0.15, 0.2) is 5.69 Å². The van der Waals surface area contributed by atoms with Crippen molar-refractivity contribution in [1.82, 2.24) is 20.0 Å². The van der Waals surface area contributed by atoms with Gasteiger partial charge in [-0.05, 0) is 45.3 Å². The molecule has 31 heavy (non-hydrogen) atoms. The summed E-state index contributed by atoms with van der Waals surface area (Å²) in [6.07, 6.45) is -3.12. The van der Waals surface area contributed by atoms with Crippen molar-refractivity contribution in [3.63, 3.8) is 0 Å². The highest BCUT2D eigenvalue weighted by Crippen LogP contribution is 2.33. The Morgan fingerprint density at radius 2 is 1.94 bits per heavy atom. The summed E-state index contributed by atoms with van der Waals surface area (Å²) < 4.78 is 46.6. The van der Waals surface area contributed by atoms with Gasteiger partial charge in [0.2, 0.25) is 5.43 Å². The van der Waals surface area contributed by atoms with Crippen molar-refractivity contribution in [1.29, 1.82) is 0 Å². The van der Waals surface area contributed by atoms with E-state index in [1.807, 2.05) is 4.90 Å². The number of amides is 1. The topological polar surface area (TPSA) is 80.4 Å². The predicted molar refractivity (Wildman–Crippen MR) is 107 cm³/mol. The third kappa shape index (κ3) is 4.85. The van der Waals surface area contributed by atoms with Crippen LogP contribution in [0, 0.1) is 6.92 Å². The van der Waals surface area contributed by atoms with Crippen LogP contribution in [0.5, 0.6) is 0 Å². The fourth-order valence-electron chi connectivity index (χ4n) is 3.14. The number of hydrogen-bond acceptors (Lipinski definition) is 5. The van der Waals surface area contributed by atoms with E-state index < -0.39 is 28.8 Å². The van der Waals surface area contributed by atoms with Crippen molar-refractivity contribution in [2.75, 3.05) is 20.6 Å². The minimum absolute atomic E-state index is 0.105. The molecule has 0 aliphatic carbocycles. The molecule has 1 atom stereocenters. The molecule has 0 saturated carbocycles. The van der Waals surface area contributed by atoms with Crippen molar-refractivity contribution in [2.24, 2.45) is 0 Å². The van der Waals surface area contributed by atoms with Crippen molar-refractivity contribution in [2.45, 2.75) is 19.1 Å². The number of para-hydroxylation sites is 1. The number of hydrogen-bond donors (Lipinski definition) is 1. The van der Waals surface area contributed by atoms with Gasteiger partial charge in [0, 0.05) is 18.3 Å². The van der Waals surface area contributed by atoms with E-state index in [1.165, 1.54) is 31.4 Å². The number of nitrogens with one attached hydrogen (secondary N) is 1. The monoisotopic (exact) mass is 434 g/mol. The number of carbonyl (C=O) groups excluding carboxylic acids is 1. The van der Waals surface area contributed by atoms with Gasteiger partial charge >= 0.3 is 6.18 Å². The number of carbonyl (C=O) groups is 1. The lowest BCUT2D eigenvalue weighted by molar-refractivity contribution is -0.137. The quantitative estimate of drug-likeness (QED) is 0.645. The number of likely N-dealkylation sites (N-methyl/N-ethyl adjacent to an activating group) is 1. The van der Waals surface area contributed by atoms with Crippen LogP contribution >= 0.6 is 0 Å². The molecule has 3 aromatic rings. The van der Waals surface area contributed by atoms with Crippen LogP contribution in [0.15, 0.2) is 57.9 Å². The number of aromatic nitrogens is 2. The molecule has 7 nitrogen and oxygen atoms in total. The predicted octanol–water partition coefficient (Wildman–Crippen LogP) is 3.19. The van der Waals surface area contributed by atoms with Gasteiger partial charge in [0.1, 0.15) is 5.76 Å². The number of alkyl halides is 3. The van der Waals surface area contributed by atoms with Gasteiger partial charge in [-0.15, -0.1) is 0 Å². The van der Waals surface area contributed by atoms with Gasteiger partial charge in [-0.3, -0.25) is 14.5 Å². The lowest BCUT2D eigenvalue weighted by Gasteiger charge is -2.22. The first-order chi connectivity index (χ1) is 14.6. The maximum absolute atomic E-state index is 13.4. The molecule has 2 aromatic heterocycles. The zero-order chi connectivity index (χ0) is 22.8. The van der Waals surface area contributed by atoms with E-state index >= 15 is 0 Å². The largest absolute Gasteiger partial charge is 0.468 e. The number of halogens is 3. The number of rotatable bonds is 6. The van der Waals surface area contributed by atoms with Crippen molar-refractivity contribution in [3.8, 4) is 5.69 Å². The molecule has 10 heteroatoms. The van der Waals surface area contributed by atoms with E-state index in [2.05, 4.69) is 10.4 Å². The first kappa shape index (κ1) is 22.3. The van der Waals surface area contributed by atoms with E-state index in [9.17, 15) is 22.8 Å². The van der Waals surface area contributed by atoms with E-state index in [1.54, 1.807) is 26.2 Å². The Kier molecular flexibility index (Phi) is 6.30. The smallest absolute Gasteiger partial charge is 0.418 e. The molecule has 1 amide bonds. The van der Waals surface area contributed by atoms with Crippen LogP contribution in [-0.2, 0) is 6.18 Å². The highest BCUT2D eigenvalue weighted by atomic mass is 19.4. The van der Waals surface area contributed by atoms with Crippen LogP contribution in [0.25, 0.3) is 5.69 Å². The second-order valence-corrected chi connectivity index (χ2v) is 7.13. The Balaban J connectivity index is 1.93. The van der Waals surface area contributed by atoms with Gasteiger partial charge in [-0.1, -0.05) is 12.1 Å². The number of benzene rings is 1. The lowest BCUT2D eigenvalue weighted by Crippen LogP contribution is -2.37. The van der Waals surface area contributed by atoms with Gasteiger partial charge in [0.05, 0.1) is 23.6 Å². The number of furan rings is 1. The summed E-state index contributed by atoms with van der Waals surface area (Å²) in [6, 6.07) is 9.08. The molecule has 0 unspecified atom stereocenters. The van der Waals surface area contributed by atoms with Gasteiger partial charge in [0.25, 0.3) is 5.91 Å². The lowest BCUT2D eigenvalue weighted by atomic mass is 10.1. The molecule has 1 N–H and O–H groups in total. The van der Waals surface area contributed by atoms with Gasteiger partial charge in [-0.2, -0.15) is 18.3 Å². The summed E-state index contributed by atoms with van der Waals surface area (Å²) >= 11 is 0. The van der Waals surface area contributed by atoms with Crippen molar-refractivity contribution < 1.29 is 22.4 Å². The molecule has 0 bridgehead atoms. The second kappa shape index (κ2) is 8.76. The Hall–Kier alpha value is -3.40. The zero-order valence-electron chi connectivity index (χ0n) is 17.1. The Labute approximate surface area is 176 Å². The van der Waals surface area contributed by atoms with Gasteiger partial charge < -0.3 is 9.73 Å². The van der Waals surface area contributed by atoms with E-state index in [0.29, 0.717) is 5.76 Å². The number of aryl methyl sites for hydroxylation is 1. The third-order valence-corrected chi connectivity index (χ3v) is 4.71. The van der Waals surface area contributed by atoms with Crippen molar-refractivity contribution >= 4 is 5.91 Å². The highest BCUT2D eigenvalue weighted by Gasteiger charge is 2.34. The first-order valence-electron chi connectivity index (χ1n) is 9.35. The normalized spacial score (nSPS) is 12.7. The fraction of sp³-hybridized carbons (Fsp3) is 0.286. The van der Waals surface area contributed by atoms with Crippen LogP contribution in [0.1, 0.15) is 33.5 Å². The molecule has 0 fully saturated rings. The maximum atomic E-state index is 13.4. The summed E-state index contributed by atoms with van der Waals surface area (Å²) in [6.45, 7) is 1.55. The van der Waals surface area contributed by atoms with E-state index in [0.717, 1.165) is 16.8 Å². The standard InChI is InChI=1S/C21H21F3N4O3/c1-13-11-17(29)19(20(30)25-12-16(27(2)3)18-9-6-10-31-18)26-28(13)15-8-5-4-7-14(15)21(22,23)24/h4-11,16H,12H2,1-3H3,(H,25,30)/t16-/m1/s1. The van der Waals surface area contributed by atoms with Crippen LogP contribution < -0.4 is 10.7 Å². The molecule has 0 spiro atoms. The van der Waals surface area contributed by atoms with Gasteiger partial charge in [-0.25, -0.2) is 4.68 Å². The second-order valence-electron chi connectivity index (χ2n) is 7.13. The molecular weight excluding hydrogens is 413 g/mol. The molecule has 0 aliphatic heterocycles. The van der Waals surface area contributed by atoms with Crippen LogP contribution in [0.4, 0.5) is 13.2 Å². The zero-order valence-corrected chi connectivity index (χ0v) is 17.1. The Bertz CT molecular complexity index is 1120. The summed E-state index contributed by atoms with van der Waals surface area (Å²) in [7, 11) is 3.59. The SMILES string of the molecule is Cc1cc(=O)c(C(=O)NC[C@H](c2ccco2)N(C)C)nn1-c1ccccc1C(F)(F)F. The third-order valence-electron chi connectivity index (χ3n) is 4.71. The van der Waals surface area contributed by atoms with E-state index in [-0.39, 0.29) is 24.0 Å². The minimum atomic E-state index is -4.63. The summed E-state index contributed by atoms with van der Waals surface area (Å²) in [5.74, 6) is -0.180. The van der Waals surface area contributed by atoms with Crippen molar-refractivity contribution in [3.05, 3.63) is 81.7 Å². The fourth-order valence-corrected chi connectivity index (χ4v) is 3.14. The van der Waals surface area contributed by atoms with Crippen LogP contribution in [0.2, 0.25) is 0 Å².